The van der Waals surface area contributed by atoms with Gasteiger partial charge in [-0.25, -0.2) is 4.79 Å². The minimum Gasteiger partial charge on any atom is -0.462 e. The highest BCUT2D eigenvalue weighted by molar-refractivity contribution is 5.90. The Kier molecular flexibility index (Phi) is 4.01. The molecule has 1 aromatic heterocycles. The Hall–Kier alpha value is -2.88. The lowest BCUT2D eigenvalue weighted by Crippen LogP contribution is -2.04. The Balaban J connectivity index is 1.92. The molecule has 0 fully saturated rings. The van der Waals surface area contributed by atoms with Gasteiger partial charge in [0.1, 0.15) is 11.5 Å². The molecule has 0 atom stereocenters. The third-order valence-electron chi connectivity index (χ3n) is 3.18. The summed E-state index contributed by atoms with van der Waals surface area (Å²) in [5.41, 5.74) is 1.33. The van der Waals surface area contributed by atoms with Gasteiger partial charge in [-0.05, 0) is 43.3 Å². The fourth-order valence-corrected chi connectivity index (χ4v) is 2.19. The van der Waals surface area contributed by atoms with Crippen LogP contribution in [0, 0.1) is 0 Å². The molecule has 0 aliphatic heterocycles. The number of benzene rings is 2. The molecular weight excluding hydrogens is 278 g/mol. The molecule has 0 radical (unpaired) electrons. The molecule has 22 heavy (non-hydrogen) atoms. The zero-order chi connectivity index (χ0) is 15.4. The van der Waals surface area contributed by atoms with Crippen molar-refractivity contribution in [1.82, 2.24) is 4.98 Å². The fraction of sp³-hybridized carbons (Fsp3) is 0.111. The van der Waals surface area contributed by atoms with Gasteiger partial charge in [-0.2, -0.15) is 0 Å². The first-order valence-corrected chi connectivity index (χ1v) is 7.06. The molecule has 4 heteroatoms. The summed E-state index contributed by atoms with van der Waals surface area (Å²) in [7, 11) is 0. The Labute approximate surface area is 128 Å². The van der Waals surface area contributed by atoms with Crippen molar-refractivity contribution < 1.29 is 14.3 Å². The maximum atomic E-state index is 11.8. The summed E-state index contributed by atoms with van der Waals surface area (Å²) in [5, 5.41) is 0.923. The number of pyridine rings is 1. The first-order chi connectivity index (χ1) is 10.8. The number of aromatic nitrogens is 1. The number of rotatable bonds is 4. The van der Waals surface area contributed by atoms with Gasteiger partial charge in [-0.15, -0.1) is 0 Å². The van der Waals surface area contributed by atoms with Crippen LogP contribution in [-0.4, -0.2) is 17.6 Å². The van der Waals surface area contributed by atoms with Crippen LogP contribution in [0.3, 0.4) is 0 Å². The fourth-order valence-electron chi connectivity index (χ4n) is 2.19. The second-order valence-corrected chi connectivity index (χ2v) is 4.68. The lowest BCUT2D eigenvalue weighted by Gasteiger charge is -2.09. The molecule has 0 spiro atoms. The van der Waals surface area contributed by atoms with Gasteiger partial charge in [-0.3, -0.25) is 4.98 Å². The third kappa shape index (κ3) is 2.91. The topological polar surface area (TPSA) is 48.4 Å². The minimum atomic E-state index is -0.354. The molecule has 110 valence electrons. The summed E-state index contributed by atoms with van der Waals surface area (Å²) in [6.45, 7) is 2.13. The molecule has 3 rings (SSSR count). The summed E-state index contributed by atoms with van der Waals surface area (Å²) in [5.74, 6) is 0.932. The predicted molar refractivity (Wildman–Crippen MR) is 84.2 cm³/mol. The molecule has 1 heterocycles. The van der Waals surface area contributed by atoms with Crippen molar-refractivity contribution >= 4 is 16.9 Å². The Morgan fingerprint density at radius 3 is 2.82 bits per heavy atom. The highest BCUT2D eigenvalue weighted by Crippen LogP contribution is 2.28. The highest BCUT2D eigenvalue weighted by Gasteiger charge is 2.09. The van der Waals surface area contributed by atoms with Gasteiger partial charge < -0.3 is 9.47 Å². The average Bonchev–Trinajstić information content (AvgIpc) is 2.56. The first-order valence-electron chi connectivity index (χ1n) is 7.06. The van der Waals surface area contributed by atoms with Crippen molar-refractivity contribution in [2.24, 2.45) is 0 Å². The number of carbonyl (C=O) groups is 1. The highest BCUT2D eigenvalue weighted by atomic mass is 16.5. The van der Waals surface area contributed by atoms with Crippen molar-refractivity contribution in [3.8, 4) is 11.5 Å². The SMILES string of the molecule is CCOC(=O)c1cccc(Oc2ccnc3ccccc23)c1. The largest absolute Gasteiger partial charge is 0.462 e. The zero-order valence-corrected chi connectivity index (χ0v) is 12.2. The second kappa shape index (κ2) is 6.26. The molecule has 0 amide bonds. The molecular formula is C18H15NO3. The summed E-state index contributed by atoms with van der Waals surface area (Å²) in [6, 6.07) is 16.5. The lowest BCUT2D eigenvalue weighted by atomic mass is 10.2. The van der Waals surface area contributed by atoms with Crippen LogP contribution in [-0.2, 0) is 4.74 Å². The van der Waals surface area contributed by atoms with E-state index in [1.807, 2.05) is 24.3 Å². The normalized spacial score (nSPS) is 10.4. The molecule has 0 bridgehead atoms. The molecule has 0 unspecified atom stereocenters. The third-order valence-corrected chi connectivity index (χ3v) is 3.18. The van der Waals surface area contributed by atoms with E-state index in [4.69, 9.17) is 9.47 Å². The second-order valence-electron chi connectivity index (χ2n) is 4.68. The Morgan fingerprint density at radius 2 is 1.95 bits per heavy atom. The molecule has 0 aliphatic rings. The number of fused-ring (bicyclic) bond motifs is 1. The summed E-state index contributed by atoms with van der Waals surface area (Å²) >= 11 is 0. The van der Waals surface area contributed by atoms with Crippen LogP contribution in [0.15, 0.2) is 60.8 Å². The van der Waals surface area contributed by atoms with E-state index in [0.29, 0.717) is 23.7 Å². The lowest BCUT2D eigenvalue weighted by molar-refractivity contribution is 0.0526. The quantitative estimate of drug-likeness (QED) is 0.676. The van der Waals surface area contributed by atoms with E-state index in [1.54, 1.807) is 43.5 Å². The molecule has 2 aromatic carbocycles. The smallest absolute Gasteiger partial charge is 0.338 e. The number of esters is 1. The zero-order valence-electron chi connectivity index (χ0n) is 12.2. The van der Waals surface area contributed by atoms with Crippen LogP contribution in [0.5, 0.6) is 11.5 Å². The van der Waals surface area contributed by atoms with Crippen molar-refractivity contribution in [2.45, 2.75) is 6.92 Å². The van der Waals surface area contributed by atoms with Crippen LogP contribution < -0.4 is 4.74 Å². The number of ether oxygens (including phenoxy) is 2. The number of carbonyl (C=O) groups excluding carboxylic acids is 1. The Morgan fingerprint density at radius 1 is 1.09 bits per heavy atom. The number of hydrogen-bond acceptors (Lipinski definition) is 4. The number of para-hydroxylation sites is 1. The van der Waals surface area contributed by atoms with Gasteiger partial charge in [0.15, 0.2) is 0 Å². The van der Waals surface area contributed by atoms with Gasteiger partial charge in [0.2, 0.25) is 0 Å². The summed E-state index contributed by atoms with van der Waals surface area (Å²) in [4.78, 5) is 16.1. The van der Waals surface area contributed by atoms with Crippen molar-refractivity contribution in [1.29, 1.82) is 0 Å². The van der Waals surface area contributed by atoms with Crippen LogP contribution in [0.1, 0.15) is 17.3 Å². The maximum absolute atomic E-state index is 11.8. The molecule has 0 saturated heterocycles. The molecule has 3 aromatic rings. The molecule has 0 aliphatic carbocycles. The standard InChI is InChI=1S/C18H15NO3/c1-2-21-18(20)13-6-5-7-14(12-13)22-17-10-11-19-16-9-4-3-8-15(16)17/h3-12H,2H2,1H3. The average molecular weight is 293 g/mol. The van der Waals surface area contributed by atoms with E-state index in [0.717, 1.165) is 10.9 Å². The van der Waals surface area contributed by atoms with Crippen LogP contribution in [0.4, 0.5) is 0 Å². The van der Waals surface area contributed by atoms with Crippen LogP contribution in [0.25, 0.3) is 10.9 Å². The van der Waals surface area contributed by atoms with E-state index in [-0.39, 0.29) is 5.97 Å². The van der Waals surface area contributed by atoms with Crippen molar-refractivity contribution in [2.75, 3.05) is 6.61 Å². The van der Waals surface area contributed by atoms with Gasteiger partial charge in [0.05, 0.1) is 17.7 Å². The van der Waals surface area contributed by atoms with E-state index < -0.39 is 0 Å². The van der Waals surface area contributed by atoms with E-state index in [9.17, 15) is 4.79 Å². The molecule has 0 N–H and O–H groups in total. The maximum Gasteiger partial charge on any atom is 0.338 e. The van der Waals surface area contributed by atoms with Gasteiger partial charge in [0, 0.05) is 11.6 Å². The van der Waals surface area contributed by atoms with E-state index >= 15 is 0 Å². The molecule has 0 saturated carbocycles. The van der Waals surface area contributed by atoms with Gasteiger partial charge in [-0.1, -0.05) is 18.2 Å². The van der Waals surface area contributed by atoms with Crippen molar-refractivity contribution in [3.63, 3.8) is 0 Å². The Bertz CT molecular complexity index is 809. The first kappa shape index (κ1) is 14.1. The van der Waals surface area contributed by atoms with Crippen molar-refractivity contribution in [3.05, 3.63) is 66.4 Å². The number of hydrogen-bond donors (Lipinski definition) is 0. The van der Waals surface area contributed by atoms with Crippen LogP contribution >= 0.6 is 0 Å². The van der Waals surface area contributed by atoms with Gasteiger partial charge >= 0.3 is 5.97 Å². The summed E-state index contributed by atoms with van der Waals surface area (Å²) in [6.07, 6.45) is 1.70. The van der Waals surface area contributed by atoms with Gasteiger partial charge in [0.25, 0.3) is 0 Å². The molecule has 4 nitrogen and oxygen atoms in total. The summed E-state index contributed by atoms with van der Waals surface area (Å²) < 4.78 is 10.9. The minimum absolute atomic E-state index is 0.346. The van der Waals surface area contributed by atoms with E-state index in [1.165, 1.54) is 0 Å². The predicted octanol–water partition coefficient (Wildman–Crippen LogP) is 4.20. The monoisotopic (exact) mass is 293 g/mol. The number of nitrogens with zero attached hydrogens (tertiary/aromatic N) is 1. The van der Waals surface area contributed by atoms with E-state index in [2.05, 4.69) is 4.98 Å². The van der Waals surface area contributed by atoms with Crippen LogP contribution in [0.2, 0.25) is 0 Å².